The Labute approximate surface area is 268 Å². The summed E-state index contributed by atoms with van der Waals surface area (Å²) in [6.45, 7) is 16.6. The highest BCUT2D eigenvalue weighted by atomic mass is 16.2. The fourth-order valence-corrected chi connectivity index (χ4v) is 5.72. The minimum Gasteiger partial charge on any atom is -0.346 e. The van der Waals surface area contributed by atoms with E-state index in [4.69, 9.17) is 0 Å². The van der Waals surface area contributed by atoms with Gasteiger partial charge in [-0.2, -0.15) is 0 Å². The van der Waals surface area contributed by atoms with Gasteiger partial charge in [-0.1, -0.05) is 66.9 Å². The number of Topliss-reactive ketones (excluding diaryl/α,β-unsaturated/α-hetero) is 1. The molecule has 254 valence electrons. The van der Waals surface area contributed by atoms with Gasteiger partial charge in [0.05, 0.1) is 12.1 Å². The summed E-state index contributed by atoms with van der Waals surface area (Å²) >= 11 is 0. The molecule has 0 radical (unpaired) electrons. The van der Waals surface area contributed by atoms with Gasteiger partial charge in [0, 0.05) is 32.6 Å². The molecule has 12 heteroatoms. The first-order valence-corrected chi connectivity index (χ1v) is 16.6. The molecule has 0 saturated carbocycles. The first-order valence-electron chi connectivity index (χ1n) is 16.6. The van der Waals surface area contributed by atoms with E-state index < -0.39 is 47.2 Å². The number of likely N-dealkylation sites (tertiary alicyclic amines) is 2. The van der Waals surface area contributed by atoms with Crippen molar-refractivity contribution < 1.29 is 28.8 Å². The zero-order valence-corrected chi connectivity index (χ0v) is 28.2. The highest BCUT2D eigenvalue weighted by Gasteiger charge is 2.43. The van der Waals surface area contributed by atoms with Crippen molar-refractivity contribution in [2.75, 3.05) is 26.2 Å². The predicted octanol–water partition coefficient (Wildman–Crippen LogP) is 2.66. The van der Waals surface area contributed by atoms with Crippen LogP contribution in [0.25, 0.3) is 0 Å². The summed E-state index contributed by atoms with van der Waals surface area (Å²) in [4.78, 5) is 81.8. The molecule has 12 nitrogen and oxygen atoms in total. The van der Waals surface area contributed by atoms with Gasteiger partial charge < -0.3 is 31.1 Å². The third-order valence-electron chi connectivity index (χ3n) is 8.55. The van der Waals surface area contributed by atoms with E-state index in [0.717, 1.165) is 25.7 Å². The second kappa shape index (κ2) is 17.9. The van der Waals surface area contributed by atoms with Crippen LogP contribution in [0.3, 0.4) is 0 Å². The lowest BCUT2D eigenvalue weighted by Gasteiger charge is -2.37. The van der Waals surface area contributed by atoms with Crippen LogP contribution >= 0.6 is 0 Å². The number of nitrogens with zero attached hydrogens (tertiary/aromatic N) is 2. The number of unbranched alkanes of at least 4 members (excludes halogenated alkanes) is 2. The number of urea groups is 1. The monoisotopic (exact) mass is 632 g/mol. The summed E-state index contributed by atoms with van der Waals surface area (Å²) < 4.78 is 0. The van der Waals surface area contributed by atoms with Crippen LogP contribution in [-0.2, 0) is 24.0 Å². The average Bonchev–Trinajstić information content (AvgIpc) is 3.48. The molecule has 0 aliphatic carbocycles. The lowest BCUT2D eigenvalue weighted by atomic mass is 9.85. The molecule has 2 rings (SSSR count). The molecule has 4 atom stereocenters. The molecular weight excluding hydrogens is 576 g/mol. The van der Waals surface area contributed by atoms with Gasteiger partial charge in [-0.05, 0) is 43.4 Å². The summed E-state index contributed by atoms with van der Waals surface area (Å²) in [7, 11) is 0. The summed E-state index contributed by atoms with van der Waals surface area (Å²) in [5, 5.41) is 11.1. The van der Waals surface area contributed by atoms with Crippen molar-refractivity contribution in [2.24, 2.45) is 11.3 Å². The number of nitrogens with one attached hydrogen (secondary N) is 4. The van der Waals surface area contributed by atoms with Gasteiger partial charge in [-0.25, -0.2) is 4.79 Å². The Bertz CT molecular complexity index is 1070. The van der Waals surface area contributed by atoms with Crippen molar-refractivity contribution >= 4 is 35.4 Å². The molecule has 2 fully saturated rings. The van der Waals surface area contributed by atoms with Crippen molar-refractivity contribution in [3.05, 3.63) is 12.7 Å². The Morgan fingerprint density at radius 2 is 1.71 bits per heavy atom. The Kier molecular flexibility index (Phi) is 15.0. The number of hydrogen-bond donors (Lipinski definition) is 4. The second-order valence-electron chi connectivity index (χ2n) is 13.7. The van der Waals surface area contributed by atoms with Crippen molar-refractivity contribution in [1.82, 2.24) is 31.1 Å². The van der Waals surface area contributed by atoms with Crippen LogP contribution < -0.4 is 21.3 Å². The van der Waals surface area contributed by atoms with Crippen molar-refractivity contribution in [3.8, 4) is 0 Å². The van der Waals surface area contributed by atoms with Crippen molar-refractivity contribution in [2.45, 2.75) is 123 Å². The highest BCUT2D eigenvalue weighted by molar-refractivity contribution is 6.38. The molecule has 0 aromatic heterocycles. The Balaban J connectivity index is 2.16. The van der Waals surface area contributed by atoms with Crippen molar-refractivity contribution in [1.29, 1.82) is 0 Å². The fraction of sp³-hybridized carbons (Fsp3) is 0.758. The number of rotatable bonds is 16. The predicted molar refractivity (Wildman–Crippen MR) is 173 cm³/mol. The van der Waals surface area contributed by atoms with E-state index in [2.05, 4.69) is 27.8 Å². The van der Waals surface area contributed by atoms with E-state index in [1.807, 2.05) is 41.5 Å². The molecule has 2 aliphatic heterocycles. The van der Waals surface area contributed by atoms with Gasteiger partial charge in [0.2, 0.25) is 23.5 Å². The maximum atomic E-state index is 14.0. The molecular formula is C33H56N6O6. The first kappa shape index (κ1) is 37.7. The van der Waals surface area contributed by atoms with Gasteiger partial charge in [-0.15, -0.1) is 6.58 Å². The normalized spacial score (nSPS) is 19.0. The van der Waals surface area contributed by atoms with Gasteiger partial charge in [0.25, 0.3) is 5.91 Å². The Morgan fingerprint density at radius 1 is 1.00 bits per heavy atom. The van der Waals surface area contributed by atoms with Crippen LogP contribution in [0.1, 0.15) is 99.3 Å². The summed E-state index contributed by atoms with van der Waals surface area (Å²) in [5.74, 6) is -2.26. The number of hydrogen-bond acceptors (Lipinski definition) is 6. The standard InChI is InChI=1S/C33H56N6O6/c1-8-10-11-15-23(27(41)30(43)34-18-9-2)35-29(42)25-16-14-20-39(25)31(44)28(33(5,6)7)37-32(45)36-24(22(3)4)21-38-19-13-12-17-26(38)40/h9,22-25,28H,2,8,10-21H2,1,3-7H3,(H,34,43)(H,35,42)(H2,36,37,45)/t23?,24-,25+,28-/m1/s1. The summed E-state index contributed by atoms with van der Waals surface area (Å²) in [6.07, 6.45) is 7.50. The highest BCUT2D eigenvalue weighted by Crippen LogP contribution is 2.26. The smallest absolute Gasteiger partial charge is 0.315 e. The quantitative estimate of drug-likeness (QED) is 0.116. The SMILES string of the molecule is C=CCNC(=O)C(=O)C(CCCCC)NC(=O)[C@@H]1CCCN1C(=O)[C@@H](NC(=O)N[C@H](CN1CCCCC1=O)C(C)C)C(C)(C)C. The zero-order chi connectivity index (χ0) is 33.7. The van der Waals surface area contributed by atoms with E-state index >= 15 is 0 Å². The molecule has 2 saturated heterocycles. The zero-order valence-electron chi connectivity index (χ0n) is 28.2. The minimum atomic E-state index is -1.01. The Morgan fingerprint density at radius 3 is 2.31 bits per heavy atom. The number of piperidine rings is 1. The van der Waals surface area contributed by atoms with E-state index in [0.29, 0.717) is 51.7 Å². The van der Waals surface area contributed by atoms with E-state index in [1.165, 1.54) is 11.0 Å². The molecule has 6 amide bonds. The molecule has 0 aromatic carbocycles. The molecule has 4 N–H and O–H groups in total. The molecule has 2 aliphatic rings. The summed E-state index contributed by atoms with van der Waals surface area (Å²) in [6, 6.07) is -3.60. The minimum absolute atomic E-state index is 0.0489. The van der Waals surface area contributed by atoms with E-state index in [-0.39, 0.29) is 30.3 Å². The van der Waals surface area contributed by atoms with E-state index in [1.54, 1.807) is 4.90 Å². The number of ketones is 1. The molecule has 2 heterocycles. The van der Waals surface area contributed by atoms with Gasteiger partial charge >= 0.3 is 6.03 Å². The van der Waals surface area contributed by atoms with Gasteiger partial charge in [0.1, 0.15) is 12.1 Å². The molecule has 45 heavy (non-hydrogen) atoms. The number of carbonyl (C=O) groups excluding carboxylic acids is 6. The van der Waals surface area contributed by atoms with E-state index in [9.17, 15) is 28.8 Å². The van der Waals surface area contributed by atoms with Crippen LogP contribution in [0.15, 0.2) is 12.7 Å². The first-order chi connectivity index (χ1) is 21.2. The topological polar surface area (TPSA) is 157 Å². The maximum absolute atomic E-state index is 14.0. The van der Waals surface area contributed by atoms with Crippen LogP contribution in [0.5, 0.6) is 0 Å². The molecule has 0 spiro atoms. The lowest BCUT2D eigenvalue weighted by Crippen LogP contribution is -2.61. The number of amides is 6. The van der Waals surface area contributed by atoms with Crippen LogP contribution in [-0.4, -0.2) is 95.6 Å². The average molecular weight is 633 g/mol. The van der Waals surface area contributed by atoms with Crippen molar-refractivity contribution in [3.63, 3.8) is 0 Å². The maximum Gasteiger partial charge on any atom is 0.315 e. The van der Waals surface area contributed by atoms with Gasteiger partial charge in [0.15, 0.2) is 0 Å². The van der Waals surface area contributed by atoms with Crippen LogP contribution in [0, 0.1) is 11.3 Å². The van der Waals surface area contributed by atoms with Crippen LogP contribution in [0.4, 0.5) is 4.79 Å². The van der Waals surface area contributed by atoms with Gasteiger partial charge in [-0.3, -0.25) is 24.0 Å². The second-order valence-corrected chi connectivity index (χ2v) is 13.7. The molecule has 1 unspecified atom stereocenters. The van der Waals surface area contributed by atoms with Crippen LogP contribution in [0.2, 0.25) is 0 Å². The third-order valence-corrected chi connectivity index (χ3v) is 8.55. The largest absolute Gasteiger partial charge is 0.346 e. The fourth-order valence-electron chi connectivity index (χ4n) is 5.72. The lowest BCUT2D eigenvalue weighted by molar-refractivity contribution is -0.143. The number of carbonyl (C=O) groups is 6. The summed E-state index contributed by atoms with van der Waals surface area (Å²) in [5.41, 5.74) is -0.684. The molecule has 0 aromatic rings. The molecule has 0 bridgehead atoms. The third kappa shape index (κ3) is 11.5. The Hall–Kier alpha value is -3.44.